The molecule has 4 heteroatoms. The molecule has 3 nitrogen and oxygen atoms in total. The molecule has 0 saturated heterocycles. The van der Waals surface area contributed by atoms with Gasteiger partial charge in [0.15, 0.2) is 0 Å². The first-order valence-electron chi connectivity index (χ1n) is 3.90. The van der Waals surface area contributed by atoms with E-state index in [1.54, 1.807) is 10.2 Å². The van der Waals surface area contributed by atoms with E-state index in [4.69, 9.17) is 0 Å². The van der Waals surface area contributed by atoms with Gasteiger partial charge in [0, 0.05) is 0 Å². The molecule has 0 amide bonds. The van der Waals surface area contributed by atoms with Crippen molar-refractivity contribution >= 4 is 11.3 Å². The number of hydrogen-bond acceptors (Lipinski definition) is 3. The van der Waals surface area contributed by atoms with Gasteiger partial charge in [-0.1, -0.05) is 24.2 Å². The van der Waals surface area contributed by atoms with Crippen molar-refractivity contribution in [2.75, 3.05) is 0 Å². The summed E-state index contributed by atoms with van der Waals surface area (Å²) in [5.41, 5.74) is 1.63. The van der Waals surface area contributed by atoms with Gasteiger partial charge in [-0.05, 0) is 12.8 Å². The quantitative estimate of drug-likeness (QED) is 0.639. The average Bonchev–Trinajstić information content (AvgIpc) is 2.55. The number of rotatable bonds is 1. The Bertz CT molecular complexity index is 285. The molecule has 0 radical (unpaired) electrons. The van der Waals surface area contributed by atoms with Crippen LogP contribution in [0, 0.1) is 0 Å². The molecule has 2 rings (SSSR count). The first-order valence-corrected chi connectivity index (χ1v) is 4.78. The van der Waals surface area contributed by atoms with Crippen LogP contribution in [0.4, 0.5) is 0 Å². The van der Waals surface area contributed by atoms with Gasteiger partial charge in [0.25, 0.3) is 0 Å². The minimum absolute atomic E-state index is 0.0944. The predicted molar refractivity (Wildman–Crippen MR) is 43.9 cm³/mol. The highest BCUT2D eigenvalue weighted by Gasteiger charge is 2.18. The molecule has 1 aliphatic carbocycles. The maximum atomic E-state index is 11.1. The van der Waals surface area contributed by atoms with Gasteiger partial charge < -0.3 is 0 Å². The smallest absolute Gasteiger partial charge is 0.255 e. The summed E-state index contributed by atoms with van der Waals surface area (Å²) in [6.45, 7) is 0. The predicted octanol–water partition coefficient (Wildman–Crippen LogP) is 1.42. The molecule has 1 aromatic heterocycles. The zero-order valence-electron chi connectivity index (χ0n) is 6.19. The molecule has 0 bridgehead atoms. The van der Waals surface area contributed by atoms with E-state index in [2.05, 4.69) is 5.10 Å². The standard InChI is InChI=1S/C7H10N2OS/c10-7-9(8-5-11-7)6-3-1-2-4-6/h5-6H,1-4H2. The molecule has 1 heterocycles. The fourth-order valence-electron chi connectivity index (χ4n) is 1.61. The first-order chi connectivity index (χ1) is 5.38. The maximum Gasteiger partial charge on any atom is 0.325 e. The van der Waals surface area contributed by atoms with Gasteiger partial charge in [0.1, 0.15) is 5.51 Å². The van der Waals surface area contributed by atoms with E-state index in [0.717, 1.165) is 12.8 Å². The van der Waals surface area contributed by atoms with Gasteiger partial charge in [-0.15, -0.1) is 0 Å². The largest absolute Gasteiger partial charge is 0.325 e. The summed E-state index contributed by atoms with van der Waals surface area (Å²) in [5.74, 6) is 0. The second-order valence-corrected chi connectivity index (χ2v) is 3.68. The van der Waals surface area contributed by atoms with Crippen molar-refractivity contribution in [1.82, 2.24) is 9.78 Å². The Morgan fingerprint density at radius 1 is 1.55 bits per heavy atom. The van der Waals surface area contributed by atoms with Crippen molar-refractivity contribution in [1.29, 1.82) is 0 Å². The summed E-state index contributed by atoms with van der Waals surface area (Å²) >= 11 is 1.19. The third-order valence-electron chi connectivity index (χ3n) is 2.18. The van der Waals surface area contributed by atoms with E-state index in [1.165, 1.54) is 24.2 Å². The molecule has 11 heavy (non-hydrogen) atoms. The Morgan fingerprint density at radius 3 is 2.82 bits per heavy atom. The Morgan fingerprint density at radius 2 is 2.27 bits per heavy atom. The number of aromatic nitrogens is 2. The van der Waals surface area contributed by atoms with Gasteiger partial charge >= 0.3 is 4.87 Å². The molecule has 0 N–H and O–H groups in total. The lowest BCUT2D eigenvalue weighted by Gasteiger charge is -2.05. The Labute approximate surface area is 68.7 Å². The van der Waals surface area contributed by atoms with Crippen LogP contribution in [0.1, 0.15) is 31.7 Å². The molecule has 0 unspecified atom stereocenters. The fraction of sp³-hybridized carbons (Fsp3) is 0.714. The topological polar surface area (TPSA) is 34.9 Å². The van der Waals surface area contributed by atoms with Crippen LogP contribution in [-0.4, -0.2) is 9.78 Å². The number of nitrogens with zero attached hydrogens (tertiary/aromatic N) is 2. The van der Waals surface area contributed by atoms with E-state index in [1.807, 2.05) is 0 Å². The SMILES string of the molecule is O=c1scnn1C1CCCC1. The van der Waals surface area contributed by atoms with Crippen molar-refractivity contribution in [2.45, 2.75) is 31.7 Å². The zero-order chi connectivity index (χ0) is 7.68. The second kappa shape index (κ2) is 2.77. The molecular formula is C7H10N2OS. The van der Waals surface area contributed by atoms with Crippen molar-refractivity contribution < 1.29 is 0 Å². The third kappa shape index (κ3) is 1.22. The highest BCUT2D eigenvalue weighted by molar-refractivity contribution is 7.06. The third-order valence-corrected chi connectivity index (χ3v) is 2.77. The van der Waals surface area contributed by atoms with Crippen LogP contribution in [-0.2, 0) is 0 Å². The normalized spacial score (nSPS) is 19.3. The van der Waals surface area contributed by atoms with Crippen molar-refractivity contribution in [3.8, 4) is 0 Å². The van der Waals surface area contributed by atoms with Gasteiger partial charge in [-0.25, -0.2) is 4.68 Å². The summed E-state index contributed by atoms with van der Waals surface area (Å²) < 4.78 is 1.64. The van der Waals surface area contributed by atoms with Crippen LogP contribution in [0.3, 0.4) is 0 Å². The average molecular weight is 170 g/mol. The van der Waals surface area contributed by atoms with Crippen LogP contribution in [0.5, 0.6) is 0 Å². The van der Waals surface area contributed by atoms with E-state index in [9.17, 15) is 4.79 Å². The van der Waals surface area contributed by atoms with E-state index < -0.39 is 0 Å². The molecule has 0 aliphatic heterocycles. The Hall–Kier alpha value is -0.640. The van der Waals surface area contributed by atoms with Crippen molar-refractivity contribution in [2.24, 2.45) is 0 Å². The summed E-state index contributed by atoms with van der Waals surface area (Å²) in [5, 5.41) is 4.02. The van der Waals surface area contributed by atoms with Crippen LogP contribution in [0.2, 0.25) is 0 Å². The first kappa shape index (κ1) is 7.03. The molecule has 1 fully saturated rings. The lowest BCUT2D eigenvalue weighted by molar-refractivity contribution is 0.456. The van der Waals surface area contributed by atoms with Crippen LogP contribution >= 0.6 is 11.3 Å². The summed E-state index contributed by atoms with van der Waals surface area (Å²) in [4.78, 5) is 11.2. The van der Waals surface area contributed by atoms with Gasteiger partial charge in [-0.2, -0.15) is 5.10 Å². The molecule has 0 spiro atoms. The lowest BCUT2D eigenvalue weighted by Crippen LogP contribution is -2.18. The van der Waals surface area contributed by atoms with Gasteiger partial charge in [-0.3, -0.25) is 4.79 Å². The Balaban J connectivity index is 2.28. The second-order valence-electron chi connectivity index (χ2n) is 2.89. The highest BCUT2D eigenvalue weighted by atomic mass is 32.1. The van der Waals surface area contributed by atoms with E-state index >= 15 is 0 Å². The highest BCUT2D eigenvalue weighted by Crippen LogP contribution is 2.27. The molecule has 1 aliphatic rings. The fourth-order valence-corrected chi connectivity index (χ4v) is 2.16. The van der Waals surface area contributed by atoms with E-state index in [-0.39, 0.29) is 4.87 Å². The van der Waals surface area contributed by atoms with Crippen molar-refractivity contribution in [3.05, 3.63) is 15.2 Å². The zero-order valence-corrected chi connectivity index (χ0v) is 7.01. The van der Waals surface area contributed by atoms with Crippen molar-refractivity contribution in [3.63, 3.8) is 0 Å². The minimum Gasteiger partial charge on any atom is -0.255 e. The molecule has 1 saturated carbocycles. The lowest BCUT2D eigenvalue weighted by atomic mass is 10.3. The molecule has 60 valence electrons. The molecule has 0 atom stereocenters. The summed E-state index contributed by atoms with van der Waals surface area (Å²) in [7, 11) is 0. The molecular weight excluding hydrogens is 160 g/mol. The van der Waals surface area contributed by atoms with Gasteiger partial charge in [0.05, 0.1) is 6.04 Å². The Kier molecular flexibility index (Phi) is 1.77. The minimum atomic E-state index is 0.0944. The van der Waals surface area contributed by atoms with Gasteiger partial charge in [0.2, 0.25) is 0 Å². The summed E-state index contributed by atoms with van der Waals surface area (Å²) in [6.07, 6.45) is 4.75. The maximum absolute atomic E-state index is 11.1. The monoisotopic (exact) mass is 170 g/mol. The number of hydrogen-bond donors (Lipinski definition) is 0. The summed E-state index contributed by atoms with van der Waals surface area (Å²) in [6, 6.07) is 0.397. The van der Waals surface area contributed by atoms with Crippen LogP contribution in [0.15, 0.2) is 10.3 Å². The van der Waals surface area contributed by atoms with Crippen LogP contribution in [0.25, 0.3) is 0 Å². The molecule has 0 aromatic carbocycles. The van der Waals surface area contributed by atoms with E-state index in [0.29, 0.717) is 6.04 Å². The van der Waals surface area contributed by atoms with Crippen LogP contribution < -0.4 is 4.87 Å². The molecule has 1 aromatic rings.